The average molecular weight is 575 g/mol. The van der Waals surface area contributed by atoms with Gasteiger partial charge in [-0.1, -0.05) is 19.9 Å². The Labute approximate surface area is 232 Å². The molecule has 3 aliphatic rings. The predicted octanol–water partition coefficient (Wildman–Crippen LogP) is -1.03. The Kier molecular flexibility index (Phi) is 11.5. The van der Waals surface area contributed by atoms with E-state index in [0.717, 1.165) is 6.26 Å². The fourth-order valence-corrected chi connectivity index (χ4v) is 5.92. The van der Waals surface area contributed by atoms with Crippen molar-refractivity contribution in [1.29, 1.82) is 0 Å². The Bertz CT molecular complexity index is 929. The summed E-state index contributed by atoms with van der Waals surface area (Å²) in [6, 6.07) is 0. The largest absolute Gasteiger partial charge is 0.468 e. The number of aliphatic hydroxyl groups is 6. The van der Waals surface area contributed by atoms with Crippen molar-refractivity contribution >= 4 is 11.9 Å². The molecule has 1 saturated heterocycles. The van der Waals surface area contributed by atoms with Crippen LogP contribution in [-0.4, -0.2) is 113 Å². The van der Waals surface area contributed by atoms with Crippen molar-refractivity contribution in [2.45, 2.75) is 76.7 Å². The van der Waals surface area contributed by atoms with Crippen LogP contribution in [0.5, 0.6) is 0 Å². The summed E-state index contributed by atoms with van der Waals surface area (Å²) < 4.78 is 27.2. The van der Waals surface area contributed by atoms with Crippen molar-refractivity contribution in [3.05, 3.63) is 23.5 Å². The molecule has 12 atom stereocenters. The Morgan fingerprint density at radius 1 is 1.15 bits per heavy atom. The number of allylic oxidation sites excluding steroid dienone is 1. The van der Waals surface area contributed by atoms with Gasteiger partial charge in [-0.05, 0) is 31.1 Å². The monoisotopic (exact) mass is 574 g/mol. The van der Waals surface area contributed by atoms with Gasteiger partial charge < -0.3 is 54.3 Å². The highest BCUT2D eigenvalue weighted by Crippen LogP contribution is 2.42. The lowest BCUT2D eigenvalue weighted by Crippen LogP contribution is -2.60. The second kappa shape index (κ2) is 14.2. The first-order valence-electron chi connectivity index (χ1n) is 13.5. The van der Waals surface area contributed by atoms with Crippen molar-refractivity contribution in [3.8, 4) is 0 Å². The number of carbonyl (C=O) groups excluding carboxylic acids is 2. The van der Waals surface area contributed by atoms with Gasteiger partial charge in [0.05, 0.1) is 44.7 Å². The lowest BCUT2D eigenvalue weighted by molar-refractivity contribution is -0.327. The van der Waals surface area contributed by atoms with Crippen LogP contribution in [0.2, 0.25) is 0 Å². The zero-order chi connectivity index (χ0) is 29.7. The third kappa shape index (κ3) is 6.85. The summed E-state index contributed by atoms with van der Waals surface area (Å²) in [6.07, 6.45) is -6.64. The van der Waals surface area contributed by atoms with Crippen LogP contribution in [0.15, 0.2) is 23.5 Å². The molecule has 0 bridgehead atoms. The Morgan fingerprint density at radius 3 is 2.45 bits per heavy atom. The van der Waals surface area contributed by atoms with Crippen LogP contribution in [0, 0.1) is 29.6 Å². The molecule has 2 heterocycles. The van der Waals surface area contributed by atoms with Crippen molar-refractivity contribution in [1.82, 2.24) is 0 Å². The molecule has 0 aromatic rings. The number of carbonyl (C=O) groups is 2. The van der Waals surface area contributed by atoms with E-state index in [0.29, 0.717) is 12.0 Å². The molecule has 6 N–H and O–H groups in total. The molecule has 40 heavy (non-hydrogen) atoms. The number of esters is 2. The number of hydrogen-bond donors (Lipinski definition) is 6. The lowest BCUT2D eigenvalue weighted by atomic mass is 9.82. The van der Waals surface area contributed by atoms with E-state index in [9.17, 15) is 40.2 Å². The molecule has 1 aliphatic carbocycles. The molecule has 0 aromatic heterocycles. The van der Waals surface area contributed by atoms with Crippen LogP contribution in [0.4, 0.5) is 0 Å². The molecule has 1 unspecified atom stereocenters. The number of aliphatic hydroxyl groups excluding tert-OH is 6. The minimum absolute atomic E-state index is 0.0256. The van der Waals surface area contributed by atoms with E-state index in [1.54, 1.807) is 13.0 Å². The molecular formula is C27H42O13. The van der Waals surface area contributed by atoms with E-state index in [-0.39, 0.29) is 48.9 Å². The average Bonchev–Trinajstić information content (AvgIpc) is 3.23. The topological polar surface area (TPSA) is 202 Å². The van der Waals surface area contributed by atoms with Gasteiger partial charge in [-0.2, -0.15) is 0 Å². The summed E-state index contributed by atoms with van der Waals surface area (Å²) in [7, 11) is 1.18. The number of methoxy groups -OCH3 is 1. The molecule has 13 heteroatoms. The molecule has 0 aromatic carbocycles. The Balaban J connectivity index is 1.75. The van der Waals surface area contributed by atoms with Crippen molar-refractivity contribution < 1.29 is 63.9 Å². The van der Waals surface area contributed by atoms with Crippen molar-refractivity contribution in [2.75, 3.05) is 26.9 Å². The van der Waals surface area contributed by atoms with Crippen LogP contribution in [0.25, 0.3) is 0 Å². The summed E-state index contributed by atoms with van der Waals surface area (Å²) in [4.78, 5) is 25.6. The number of rotatable bonds is 10. The van der Waals surface area contributed by atoms with E-state index in [4.69, 9.17) is 23.7 Å². The lowest BCUT2D eigenvalue weighted by Gasteiger charge is -2.41. The van der Waals surface area contributed by atoms with Gasteiger partial charge in [-0.15, -0.1) is 0 Å². The van der Waals surface area contributed by atoms with Crippen LogP contribution >= 0.6 is 0 Å². The van der Waals surface area contributed by atoms with Gasteiger partial charge in [0.2, 0.25) is 6.29 Å². The maximum Gasteiger partial charge on any atom is 0.337 e. The molecule has 0 radical (unpaired) electrons. The molecule has 3 rings (SSSR count). The summed E-state index contributed by atoms with van der Waals surface area (Å²) in [5, 5.41) is 60.1. The molecular weight excluding hydrogens is 532 g/mol. The molecule has 1 saturated carbocycles. The SMILES string of the molecule is C/C=C1/[C@H](O[C@@H]2O[C@H](CO)[C@H](O)[C@@H](O)[C@H]2O)OC=C(C(=O)OC)[C@H]1CC(=O)OC[C@H]1[C@H](C(C)CO)[C@@H](O)C[C@@H]1C. The van der Waals surface area contributed by atoms with Gasteiger partial charge >= 0.3 is 11.9 Å². The Hall–Kier alpha value is -2.10. The first-order chi connectivity index (χ1) is 19.0. The highest BCUT2D eigenvalue weighted by molar-refractivity contribution is 5.90. The summed E-state index contributed by atoms with van der Waals surface area (Å²) in [5.74, 6) is -2.77. The van der Waals surface area contributed by atoms with Gasteiger partial charge in [-0.25, -0.2) is 4.79 Å². The smallest absolute Gasteiger partial charge is 0.337 e. The minimum Gasteiger partial charge on any atom is -0.468 e. The summed E-state index contributed by atoms with van der Waals surface area (Å²) in [6.45, 7) is 4.70. The van der Waals surface area contributed by atoms with Crippen molar-refractivity contribution in [2.24, 2.45) is 29.6 Å². The second-order valence-corrected chi connectivity index (χ2v) is 10.8. The van der Waals surface area contributed by atoms with Gasteiger partial charge in [0.1, 0.15) is 24.4 Å². The third-order valence-corrected chi connectivity index (χ3v) is 8.26. The van der Waals surface area contributed by atoms with E-state index in [1.165, 1.54) is 7.11 Å². The van der Waals surface area contributed by atoms with E-state index >= 15 is 0 Å². The molecule has 13 nitrogen and oxygen atoms in total. The molecule has 228 valence electrons. The first kappa shape index (κ1) is 32.4. The maximum atomic E-state index is 13.1. The number of ether oxygens (including phenoxy) is 5. The molecule has 2 fully saturated rings. The summed E-state index contributed by atoms with van der Waals surface area (Å²) >= 11 is 0. The molecule has 2 aliphatic heterocycles. The van der Waals surface area contributed by atoms with E-state index in [2.05, 4.69) is 0 Å². The van der Waals surface area contributed by atoms with Gasteiger partial charge in [0.15, 0.2) is 6.29 Å². The fourth-order valence-electron chi connectivity index (χ4n) is 5.92. The normalized spacial score (nSPS) is 39.8. The molecule has 0 spiro atoms. The number of hydrogen-bond acceptors (Lipinski definition) is 13. The first-order valence-corrected chi connectivity index (χ1v) is 13.5. The highest BCUT2D eigenvalue weighted by atomic mass is 16.8. The zero-order valence-electron chi connectivity index (χ0n) is 23.2. The maximum absolute atomic E-state index is 13.1. The van der Waals surface area contributed by atoms with E-state index in [1.807, 2.05) is 13.8 Å². The van der Waals surface area contributed by atoms with Gasteiger partial charge in [0.25, 0.3) is 0 Å². The van der Waals surface area contributed by atoms with Gasteiger partial charge in [-0.3, -0.25) is 4.79 Å². The quantitative estimate of drug-likeness (QED) is 0.137. The summed E-state index contributed by atoms with van der Waals surface area (Å²) in [5.41, 5.74) is 0.339. The van der Waals surface area contributed by atoms with Crippen LogP contribution < -0.4 is 0 Å². The Morgan fingerprint density at radius 2 is 1.85 bits per heavy atom. The second-order valence-electron chi connectivity index (χ2n) is 10.8. The van der Waals surface area contributed by atoms with Crippen LogP contribution in [0.1, 0.15) is 33.6 Å². The van der Waals surface area contributed by atoms with Crippen LogP contribution in [-0.2, 0) is 33.3 Å². The molecule has 0 amide bonds. The van der Waals surface area contributed by atoms with Crippen molar-refractivity contribution in [3.63, 3.8) is 0 Å². The van der Waals surface area contributed by atoms with E-state index < -0.39 is 67.6 Å². The highest BCUT2D eigenvalue weighted by Gasteiger charge is 2.47. The standard InChI is InChI=1S/C27H42O13/c1-5-14-15(7-20(31)37-10-16-12(2)6-18(30)21(16)13(3)8-28)17(25(35)36-4)11-38-26(14)40-27-24(34)23(33)22(32)19(9-29)39-27/h5,11-13,15-16,18-19,21-24,26-30,32-34H,6-10H2,1-4H3/b14-5+/t12-,13?,15-,16+,18-,19+,21-,22-,23+,24+,26-,27-/m0/s1. The predicted molar refractivity (Wildman–Crippen MR) is 136 cm³/mol. The van der Waals surface area contributed by atoms with Gasteiger partial charge in [0, 0.05) is 24.0 Å². The fraction of sp³-hybridized carbons (Fsp3) is 0.778. The third-order valence-electron chi connectivity index (χ3n) is 8.26. The minimum atomic E-state index is -1.69. The zero-order valence-corrected chi connectivity index (χ0v) is 23.2. The van der Waals surface area contributed by atoms with Crippen LogP contribution in [0.3, 0.4) is 0 Å².